The maximum atomic E-state index is 12.9. The van der Waals surface area contributed by atoms with Crippen molar-refractivity contribution in [3.63, 3.8) is 0 Å². The monoisotopic (exact) mass is 380 g/mol. The standard InChI is InChI=1S/C19H24O4S2/c1-12-7-8-15(13(2)9-12)25(21,22)11-14-10-16(19(3,4)5)24-17(14)18(20)23-6/h7-10H,11H2,1-6H3. The van der Waals surface area contributed by atoms with Gasteiger partial charge in [-0.3, -0.25) is 0 Å². The van der Waals surface area contributed by atoms with Crippen LogP contribution in [0.1, 0.15) is 52.0 Å². The highest BCUT2D eigenvalue weighted by Crippen LogP contribution is 2.35. The first-order valence-corrected chi connectivity index (χ1v) is 10.4. The van der Waals surface area contributed by atoms with Crippen molar-refractivity contribution < 1.29 is 17.9 Å². The fourth-order valence-corrected chi connectivity index (χ4v) is 5.47. The first-order chi connectivity index (χ1) is 11.5. The van der Waals surface area contributed by atoms with Crippen LogP contribution in [0.2, 0.25) is 0 Å². The van der Waals surface area contributed by atoms with E-state index in [2.05, 4.69) is 0 Å². The Bertz CT molecular complexity index is 900. The minimum atomic E-state index is -3.56. The van der Waals surface area contributed by atoms with Gasteiger partial charge in [0.25, 0.3) is 0 Å². The molecule has 0 saturated carbocycles. The van der Waals surface area contributed by atoms with Crippen LogP contribution in [0.4, 0.5) is 0 Å². The molecule has 0 amide bonds. The Morgan fingerprint density at radius 2 is 1.80 bits per heavy atom. The SMILES string of the molecule is COC(=O)c1sc(C(C)(C)C)cc1CS(=O)(=O)c1ccc(C)cc1C. The number of benzene rings is 1. The number of esters is 1. The summed E-state index contributed by atoms with van der Waals surface area (Å²) in [6.45, 7) is 9.80. The minimum absolute atomic E-state index is 0.171. The molecule has 0 fully saturated rings. The molecule has 136 valence electrons. The fraction of sp³-hybridized carbons (Fsp3) is 0.421. The Labute approximate surface area is 153 Å². The van der Waals surface area contributed by atoms with Gasteiger partial charge >= 0.3 is 5.97 Å². The zero-order chi connectivity index (χ0) is 19.0. The third-order valence-corrected chi connectivity index (χ3v) is 7.33. The van der Waals surface area contributed by atoms with Crippen molar-refractivity contribution in [3.05, 3.63) is 50.7 Å². The number of ether oxygens (including phenoxy) is 1. The summed E-state index contributed by atoms with van der Waals surface area (Å²) in [6.07, 6.45) is 0. The van der Waals surface area contributed by atoms with Crippen molar-refractivity contribution in [2.24, 2.45) is 0 Å². The molecule has 1 aromatic heterocycles. The molecule has 4 nitrogen and oxygen atoms in total. The smallest absolute Gasteiger partial charge is 0.348 e. The lowest BCUT2D eigenvalue weighted by atomic mass is 9.94. The summed E-state index contributed by atoms with van der Waals surface area (Å²) in [5.41, 5.74) is 2.06. The molecule has 25 heavy (non-hydrogen) atoms. The number of hydrogen-bond acceptors (Lipinski definition) is 5. The normalized spacial score (nSPS) is 12.2. The van der Waals surface area contributed by atoms with Crippen molar-refractivity contribution in [2.45, 2.75) is 50.7 Å². The van der Waals surface area contributed by atoms with Crippen LogP contribution in [0.5, 0.6) is 0 Å². The summed E-state index contributed by atoms with van der Waals surface area (Å²) in [5.74, 6) is -0.709. The minimum Gasteiger partial charge on any atom is -0.465 e. The highest BCUT2D eigenvalue weighted by atomic mass is 32.2. The Hall–Kier alpha value is -1.66. The molecule has 0 aliphatic heterocycles. The molecule has 0 aliphatic carbocycles. The number of aryl methyl sites for hydroxylation is 2. The van der Waals surface area contributed by atoms with Gasteiger partial charge in [0.2, 0.25) is 0 Å². The largest absolute Gasteiger partial charge is 0.465 e. The van der Waals surface area contributed by atoms with Crippen LogP contribution < -0.4 is 0 Å². The van der Waals surface area contributed by atoms with Crippen LogP contribution in [0, 0.1) is 13.8 Å². The van der Waals surface area contributed by atoms with Crippen LogP contribution in [-0.4, -0.2) is 21.5 Å². The Kier molecular flexibility index (Phi) is 5.44. The molecule has 2 rings (SSSR count). The van der Waals surface area contributed by atoms with E-state index in [0.717, 1.165) is 10.4 Å². The van der Waals surface area contributed by atoms with Gasteiger partial charge in [-0.15, -0.1) is 11.3 Å². The van der Waals surface area contributed by atoms with Gasteiger partial charge in [-0.25, -0.2) is 13.2 Å². The van der Waals surface area contributed by atoms with E-state index < -0.39 is 15.8 Å². The topological polar surface area (TPSA) is 60.4 Å². The lowest BCUT2D eigenvalue weighted by molar-refractivity contribution is 0.0605. The van der Waals surface area contributed by atoms with Gasteiger partial charge < -0.3 is 4.74 Å². The number of thiophene rings is 1. The second-order valence-corrected chi connectivity index (χ2v) is 10.2. The molecule has 0 unspecified atom stereocenters. The lowest BCUT2D eigenvalue weighted by Crippen LogP contribution is -2.10. The zero-order valence-electron chi connectivity index (χ0n) is 15.5. The quantitative estimate of drug-likeness (QED) is 0.737. The van der Waals surface area contributed by atoms with Crippen LogP contribution >= 0.6 is 11.3 Å². The predicted octanol–water partition coefficient (Wildman–Crippen LogP) is 4.42. The predicted molar refractivity (Wildman–Crippen MR) is 101 cm³/mol. The molecule has 2 aromatic rings. The average molecular weight is 381 g/mol. The molecule has 0 radical (unpaired) electrons. The average Bonchev–Trinajstić information content (AvgIpc) is 2.89. The van der Waals surface area contributed by atoms with E-state index in [1.54, 1.807) is 19.1 Å². The number of rotatable bonds is 4. The summed E-state index contributed by atoms with van der Waals surface area (Å²) < 4.78 is 30.7. The van der Waals surface area contributed by atoms with Gasteiger partial charge in [-0.1, -0.05) is 38.5 Å². The highest BCUT2D eigenvalue weighted by Gasteiger charge is 2.27. The number of sulfone groups is 1. The van der Waals surface area contributed by atoms with E-state index in [-0.39, 0.29) is 11.2 Å². The highest BCUT2D eigenvalue weighted by molar-refractivity contribution is 7.90. The zero-order valence-corrected chi connectivity index (χ0v) is 17.1. The van der Waals surface area contributed by atoms with E-state index >= 15 is 0 Å². The van der Waals surface area contributed by atoms with E-state index in [0.29, 0.717) is 20.9 Å². The second kappa shape index (κ2) is 6.92. The molecular weight excluding hydrogens is 356 g/mol. The maximum absolute atomic E-state index is 12.9. The molecule has 6 heteroatoms. The van der Waals surface area contributed by atoms with E-state index in [9.17, 15) is 13.2 Å². The molecule has 0 bridgehead atoms. The molecular formula is C19H24O4S2. The van der Waals surface area contributed by atoms with Gasteiger partial charge in [0.05, 0.1) is 17.8 Å². The summed E-state index contributed by atoms with van der Waals surface area (Å²) in [7, 11) is -2.25. The van der Waals surface area contributed by atoms with Crippen molar-refractivity contribution in [1.82, 2.24) is 0 Å². The van der Waals surface area contributed by atoms with Gasteiger partial charge in [-0.2, -0.15) is 0 Å². The third-order valence-electron chi connectivity index (χ3n) is 3.93. The molecule has 0 aliphatic rings. The molecule has 1 aromatic carbocycles. The molecule has 1 heterocycles. The summed E-state index contributed by atoms with van der Waals surface area (Å²) >= 11 is 1.30. The maximum Gasteiger partial charge on any atom is 0.348 e. The second-order valence-electron chi connectivity index (χ2n) is 7.23. The van der Waals surface area contributed by atoms with Gasteiger partial charge in [0.15, 0.2) is 9.84 Å². The molecule has 0 spiro atoms. The Morgan fingerprint density at radius 3 is 2.32 bits per heavy atom. The van der Waals surface area contributed by atoms with Gasteiger partial charge in [0, 0.05) is 4.88 Å². The first-order valence-electron chi connectivity index (χ1n) is 7.97. The van der Waals surface area contributed by atoms with E-state index in [1.807, 2.05) is 39.8 Å². The molecule has 0 N–H and O–H groups in total. The van der Waals surface area contributed by atoms with Crippen molar-refractivity contribution in [1.29, 1.82) is 0 Å². The van der Waals surface area contributed by atoms with Crippen molar-refractivity contribution in [2.75, 3.05) is 7.11 Å². The number of hydrogen-bond donors (Lipinski definition) is 0. The third kappa shape index (κ3) is 4.30. The van der Waals surface area contributed by atoms with Gasteiger partial charge in [-0.05, 0) is 42.5 Å². The van der Waals surface area contributed by atoms with E-state index in [1.165, 1.54) is 18.4 Å². The van der Waals surface area contributed by atoms with Crippen molar-refractivity contribution in [3.8, 4) is 0 Å². The molecule has 0 atom stereocenters. The summed E-state index contributed by atoms with van der Waals surface area (Å²) in [4.78, 5) is 13.7. The van der Waals surface area contributed by atoms with Gasteiger partial charge in [0.1, 0.15) is 4.88 Å². The number of methoxy groups -OCH3 is 1. The Morgan fingerprint density at radius 1 is 1.16 bits per heavy atom. The number of carbonyl (C=O) groups excluding carboxylic acids is 1. The fourth-order valence-electron chi connectivity index (χ4n) is 2.60. The molecule has 0 saturated heterocycles. The summed E-state index contributed by atoms with van der Waals surface area (Å²) in [6, 6.07) is 7.09. The lowest BCUT2D eigenvalue weighted by Gasteiger charge is -2.15. The van der Waals surface area contributed by atoms with Crippen LogP contribution in [0.25, 0.3) is 0 Å². The van der Waals surface area contributed by atoms with Crippen LogP contribution in [-0.2, 0) is 25.7 Å². The van der Waals surface area contributed by atoms with E-state index in [4.69, 9.17) is 4.74 Å². The van der Waals surface area contributed by atoms with Crippen LogP contribution in [0.15, 0.2) is 29.2 Å². The first kappa shape index (κ1) is 19.7. The van der Waals surface area contributed by atoms with Crippen molar-refractivity contribution >= 4 is 27.1 Å². The summed E-state index contributed by atoms with van der Waals surface area (Å²) in [5, 5.41) is 0. The van der Waals surface area contributed by atoms with Crippen LogP contribution in [0.3, 0.4) is 0 Å². The number of carbonyl (C=O) groups is 1. The Balaban J connectivity index is 2.51.